The van der Waals surface area contributed by atoms with Crippen molar-refractivity contribution >= 4 is 33.4 Å². The summed E-state index contributed by atoms with van der Waals surface area (Å²) in [4.78, 5) is 4.56. The van der Waals surface area contributed by atoms with E-state index in [2.05, 4.69) is 38.4 Å². The van der Waals surface area contributed by atoms with Crippen molar-refractivity contribution in [2.75, 3.05) is 11.1 Å². The molecule has 29 heavy (non-hydrogen) atoms. The van der Waals surface area contributed by atoms with E-state index >= 15 is 0 Å². The van der Waals surface area contributed by atoms with Crippen LogP contribution in [0, 0.1) is 36.5 Å². The second kappa shape index (κ2) is 8.17. The topological polar surface area (TPSA) is 112 Å². The lowest BCUT2D eigenvalue weighted by Crippen LogP contribution is -2.37. The normalized spacial score (nSPS) is 10.1. The fourth-order valence-electron chi connectivity index (χ4n) is 2.80. The lowest BCUT2D eigenvalue weighted by Gasteiger charge is -2.14. The van der Waals surface area contributed by atoms with E-state index in [1.54, 1.807) is 48.0 Å². The summed E-state index contributed by atoms with van der Waals surface area (Å²) in [6.45, 7) is 3.75. The minimum Gasteiger partial charge on any atom is -0.428 e. The third kappa shape index (κ3) is 4.13. The van der Waals surface area contributed by atoms with Gasteiger partial charge in [0.05, 0.1) is 36.0 Å². The number of rotatable bonds is 4. The zero-order valence-electron chi connectivity index (χ0n) is 16.1. The highest BCUT2D eigenvalue weighted by Crippen LogP contribution is 2.35. The van der Waals surface area contributed by atoms with Crippen molar-refractivity contribution in [3.8, 4) is 23.8 Å². The van der Waals surface area contributed by atoms with E-state index < -0.39 is 0 Å². The van der Waals surface area contributed by atoms with Gasteiger partial charge >= 0.3 is 5.95 Å². The van der Waals surface area contributed by atoms with Crippen LogP contribution >= 0.6 is 15.9 Å². The number of hydrogen-bond donors (Lipinski definition) is 2. The van der Waals surface area contributed by atoms with Gasteiger partial charge in [-0.25, -0.2) is 4.57 Å². The molecule has 0 aliphatic carbocycles. The molecule has 0 spiro atoms. The number of aromatic nitrogens is 2. The van der Waals surface area contributed by atoms with E-state index in [1.807, 2.05) is 13.8 Å². The van der Waals surface area contributed by atoms with Gasteiger partial charge in [-0.15, -0.1) is 0 Å². The molecule has 144 valence electrons. The van der Waals surface area contributed by atoms with Gasteiger partial charge in [0.15, 0.2) is 4.47 Å². The maximum atomic E-state index is 9.13. The number of nitrogens with one attached hydrogen (secondary N) is 1. The van der Waals surface area contributed by atoms with E-state index in [-0.39, 0.29) is 0 Å². The molecule has 0 amide bonds. The number of nitrogens with zero attached hydrogens (tertiary/aromatic N) is 4. The van der Waals surface area contributed by atoms with E-state index in [0.717, 1.165) is 16.8 Å². The highest BCUT2D eigenvalue weighted by molar-refractivity contribution is 9.10. The molecule has 0 atom stereocenters. The van der Waals surface area contributed by atoms with Crippen molar-refractivity contribution in [1.82, 2.24) is 4.98 Å². The predicted molar refractivity (Wildman–Crippen MR) is 113 cm³/mol. The third-order valence-corrected chi connectivity index (χ3v) is 5.10. The number of halogens is 1. The summed E-state index contributed by atoms with van der Waals surface area (Å²) >= 11 is 3.45. The second-order valence-corrected chi connectivity index (χ2v) is 7.26. The number of ether oxygens (including phenoxy) is 1. The Balaban J connectivity index is 2.00. The second-order valence-electron chi connectivity index (χ2n) is 6.47. The fourth-order valence-corrected chi connectivity index (χ4v) is 3.24. The standard InChI is InChI=1S/C21H17BrN6O/c1-12-8-15(11-24)9-13(2)18(12)29-20-17(22)19(25)28(3)21(27-20)26-16-6-4-14(10-23)5-7-16/h4-9H,1-3H3,(H2,25,26,27)/p+1. The number of anilines is 3. The van der Waals surface area contributed by atoms with Crippen LogP contribution in [0.3, 0.4) is 0 Å². The minimum atomic E-state index is 0.299. The first-order valence-electron chi connectivity index (χ1n) is 8.65. The molecule has 3 rings (SSSR count). The van der Waals surface area contributed by atoms with Crippen molar-refractivity contribution in [3.05, 3.63) is 63.1 Å². The number of nitriles is 2. The lowest BCUT2D eigenvalue weighted by molar-refractivity contribution is -0.645. The Hall–Kier alpha value is -3.62. The van der Waals surface area contributed by atoms with Gasteiger partial charge in [-0.2, -0.15) is 10.5 Å². The summed E-state index contributed by atoms with van der Waals surface area (Å²) in [5, 5.41) is 21.3. The van der Waals surface area contributed by atoms with Gasteiger partial charge in [0.25, 0.3) is 5.88 Å². The van der Waals surface area contributed by atoms with Crippen molar-refractivity contribution < 1.29 is 9.30 Å². The number of benzene rings is 2. The summed E-state index contributed by atoms with van der Waals surface area (Å²) in [5.74, 6) is 1.81. The lowest BCUT2D eigenvalue weighted by atomic mass is 10.1. The van der Waals surface area contributed by atoms with Crippen LogP contribution in [0.4, 0.5) is 17.5 Å². The molecule has 0 saturated carbocycles. The van der Waals surface area contributed by atoms with Gasteiger partial charge in [0.1, 0.15) is 5.75 Å². The average molecular weight is 450 g/mol. The van der Waals surface area contributed by atoms with Crippen LogP contribution in [0.25, 0.3) is 0 Å². The van der Waals surface area contributed by atoms with E-state index in [0.29, 0.717) is 39.0 Å². The first-order valence-corrected chi connectivity index (χ1v) is 9.44. The Morgan fingerprint density at radius 1 is 1.07 bits per heavy atom. The Labute approximate surface area is 177 Å². The highest BCUT2D eigenvalue weighted by Gasteiger charge is 2.22. The molecule has 3 N–H and O–H groups in total. The van der Waals surface area contributed by atoms with Crippen molar-refractivity contribution in [2.45, 2.75) is 13.8 Å². The van der Waals surface area contributed by atoms with Gasteiger partial charge in [-0.1, -0.05) is 4.98 Å². The largest absolute Gasteiger partial charge is 0.428 e. The molecule has 1 heterocycles. The Morgan fingerprint density at radius 2 is 1.66 bits per heavy atom. The fraction of sp³-hybridized carbons (Fsp3) is 0.143. The molecule has 0 bridgehead atoms. The zero-order chi connectivity index (χ0) is 21.1. The minimum absolute atomic E-state index is 0.299. The average Bonchev–Trinajstić information content (AvgIpc) is 2.72. The van der Waals surface area contributed by atoms with Crippen LogP contribution < -0.4 is 20.4 Å². The van der Waals surface area contributed by atoms with E-state index in [1.165, 1.54) is 0 Å². The first kappa shape index (κ1) is 20.1. The molecule has 0 unspecified atom stereocenters. The molecule has 0 fully saturated rings. The smallest absolute Gasteiger partial charge is 0.355 e. The Bertz CT molecular complexity index is 1150. The quantitative estimate of drug-likeness (QED) is 0.578. The predicted octanol–water partition coefficient (Wildman–Crippen LogP) is 4.15. The molecule has 0 aliphatic rings. The van der Waals surface area contributed by atoms with Crippen molar-refractivity contribution in [3.63, 3.8) is 0 Å². The number of aryl methyl sites for hydroxylation is 2. The molecule has 3 aromatic rings. The number of hydrogen-bond acceptors (Lipinski definition) is 6. The summed E-state index contributed by atoms with van der Waals surface area (Å²) in [6.07, 6.45) is 0. The Morgan fingerprint density at radius 3 is 2.21 bits per heavy atom. The molecular weight excluding hydrogens is 432 g/mol. The summed E-state index contributed by atoms with van der Waals surface area (Å²) in [7, 11) is 1.78. The van der Waals surface area contributed by atoms with Crippen LogP contribution in [0.15, 0.2) is 40.9 Å². The third-order valence-electron chi connectivity index (χ3n) is 4.36. The van der Waals surface area contributed by atoms with Gasteiger partial charge < -0.3 is 10.5 Å². The number of nitrogens with two attached hydrogens (primary N) is 1. The molecule has 8 heteroatoms. The van der Waals surface area contributed by atoms with Crippen molar-refractivity contribution in [2.24, 2.45) is 7.05 Å². The molecule has 7 nitrogen and oxygen atoms in total. The van der Waals surface area contributed by atoms with Crippen LogP contribution in [-0.2, 0) is 7.05 Å². The van der Waals surface area contributed by atoms with Gasteiger partial charge in [0.2, 0.25) is 5.82 Å². The van der Waals surface area contributed by atoms with Crippen molar-refractivity contribution in [1.29, 1.82) is 10.5 Å². The molecular formula is C21H18BrN6O+. The molecule has 2 aromatic carbocycles. The summed E-state index contributed by atoms with van der Waals surface area (Å²) in [5.41, 5.74) is 9.77. The zero-order valence-corrected chi connectivity index (χ0v) is 17.7. The molecule has 0 radical (unpaired) electrons. The molecule has 0 saturated heterocycles. The van der Waals surface area contributed by atoms with Crippen LogP contribution in [0.2, 0.25) is 0 Å². The molecule has 1 aromatic heterocycles. The maximum Gasteiger partial charge on any atom is 0.355 e. The van der Waals surface area contributed by atoms with E-state index in [4.69, 9.17) is 21.0 Å². The first-order chi connectivity index (χ1) is 13.8. The van der Waals surface area contributed by atoms with Crippen LogP contribution in [0.5, 0.6) is 11.6 Å². The molecule has 0 aliphatic heterocycles. The summed E-state index contributed by atoms with van der Waals surface area (Å²) in [6, 6.07) is 14.7. The maximum absolute atomic E-state index is 9.13. The highest BCUT2D eigenvalue weighted by atomic mass is 79.9. The number of nitrogen functional groups attached to an aromatic ring is 1. The Kier molecular flexibility index (Phi) is 5.67. The van der Waals surface area contributed by atoms with Crippen LogP contribution in [0.1, 0.15) is 22.3 Å². The van der Waals surface area contributed by atoms with Gasteiger partial charge in [0, 0.05) is 0 Å². The van der Waals surface area contributed by atoms with E-state index in [9.17, 15) is 0 Å². The monoisotopic (exact) mass is 449 g/mol. The van der Waals surface area contributed by atoms with Gasteiger partial charge in [-0.3, -0.25) is 5.32 Å². The SMILES string of the molecule is Cc1cc(C#N)cc(C)c1Oc1nc(Nc2ccc(C#N)cc2)[n+](C)c(N)c1Br. The van der Waals surface area contributed by atoms with Gasteiger partial charge in [-0.05, 0) is 77.3 Å². The van der Waals surface area contributed by atoms with Crippen LogP contribution in [-0.4, -0.2) is 4.98 Å². The summed E-state index contributed by atoms with van der Waals surface area (Å²) < 4.78 is 8.29.